The minimum Gasteiger partial charge on any atom is -0.491 e. The Labute approximate surface area is 181 Å². The molecule has 0 aliphatic heterocycles. The second-order valence-electron chi connectivity index (χ2n) is 6.33. The van der Waals surface area contributed by atoms with Gasteiger partial charge in [-0.05, 0) is 24.3 Å². The van der Waals surface area contributed by atoms with E-state index in [1.807, 2.05) is 0 Å². The Balaban J connectivity index is 1.94. The van der Waals surface area contributed by atoms with Crippen LogP contribution in [0.15, 0.2) is 42.9 Å². The lowest BCUT2D eigenvalue weighted by Gasteiger charge is -2.15. The zero-order chi connectivity index (χ0) is 22.4. The van der Waals surface area contributed by atoms with Gasteiger partial charge < -0.3 is 25.6 Å². The van der Waals surface area contributed by atoms with Crippen molar-refractivity contribution in [1.82, 2.24) is 20.3 Å². The summed E-state index contributed by atoms with van der Waals surface area (Å²) in [6.07, 6.45) is 3.07. The number of carbonyl (C=O) groups excluding carboxylic acids is 1. The molecule has 0 spiro atoms. The number of anilines is 2. The fourth-order valence-electron chi connectivity index (χ4n) is 2.59. The Bertz CT molecular complexity index is 1090. The molecule has 9 nitrogen and oxygen atoms in total. The second kappa shape index (κ2) is 10.1. The number of nitrogens with one attached hydrogen (secondary N) is 2. The van der Waals surface area contributed by atoms with Crippen molar-refractivity contribution in [2.75, 3.05) is 25.6 Å². The normalized spacial score (nSPS) is 11.6. The molecule has 2 heterocycles. The Hall–Kier alpha value is -3.34. The maximum Gasteiger partial charge on any atom is 0.255 e. The molecule has 0 fully saturated rings. The number of ether oxygens (including phenoxy) is 1. The largest absolute Gasteiger partial charge is 0.491 e. The molecule has 1 atom stereocenters. The van der Waals surface area contributed by atoms with E-state index in [1.165, 1.54) is 43.9 Å². The number of nitrogens with zero attached hydrogens (tertiary/aromatic N) is 3. The molecule has 1 aromatic carbocycles. The predicted molar refractivity (Wildman–Crippen MR) is 112 cm³/mol. The number of amides is 1. The van der Waals surface area contributed by atoms with E-state index in [-0.39, 0.29) is 35.1 Å². The van der Waals surface area contributed by atoms with Gasteiger partial charge in [-0.3, -0.25) is 9.78 Å². The van der Waals surface area contributed by atoms with Crippen molar-refractivity contribution in [2.24, 2.45) is 0 Å². The summed E-state index contributed by atoms with van der Waals surface area (Å²) < 4.78 is 19.5. The molecule has 0 unspecified atom stereocenters. The lowest BCUT2D eigenvalue weighted by Crippen LogP contribution is -2.34. The van der Waals surface area contributed by atoms with Crippen LogP contribution in [0.4, 0.5) is 15.9 Å². The first-order chi connectivity index (χ1) is 14.9. The Morgan fingerprint density at radius 2 is 2.13 bits per heavy atom. The highest BCUT2D eigenvalue weighted by Crippen LogP contribution is 2.30. The van der Waals surface area contributed by atoms with Crippen LogP contribution in [0.5, 0.6) is 5.75 Å². The van der Waals surface area contributed by atoms with Crippen molar-refractivity contribution >= 4 is 29.0 Å². The lowest BCUT2D eigenvalue weighted by molar-refractivity contribution is 0.0802. The van der Waals surface area contributed by atoms with Crippen LogP contribution >= 0.6 is 11.6 Å². The third kappa shape index (κ3) is 5.43. The van der Waals surface area contributed by atoms with Crippen molar-refractivity contribution in [3.05, 3.63) is 59.3 Å². The Kier molecular flexibility index (Phi) is 7.29. The van der Waals surface area contributed by atoms with Gasteiger partial charge in [0.15, 0.2) is 17.4 Å². The molecule has 0 saturated carbocycles. The third-order valence-electron chi connectivity index (χ3n) is 4.17. The number of aromatic nitrogens is 3. The van der Waals surface area contributed by atoms with Gasteiger partial charge in [0.05, 0.1) is 42.8 Å². The number of benzene rings is 1. The van der Waals surface area contributed by atoms with Gasteiger partial charge in [0, 0.05) is 24.0 Å². The van der Waals surface area contributed by atoms with Crippen molar-refractivity contribution in [1.29, 1.82) is 0 Å². The van der Waals surface area contributed by atoms with Crippen LogP contribution in [0, 0.1) is 5.82 Å². The average Bonchev–Trinajstić information content (AvgIpc) is 2.79. The first-order valence-electron chi connectivity index (χ1n) is 9.07. The van der Waals surface area contributed by atoms with E-state index in [9.17, 15) is 14.3 Å². The van der Waals surface area contributed by atoms with Crippen LogP contribution < -0.4 is 15.4 Å². The molecule has 0 aliphatic rings. The van der Waals surface area contributed by atoms with Crippen LogP contribution in [-0.4, -0.2) is 57.4 Å². The molecule has 0 aliphatic carbocycles. The van der Waals surface area contributed by atoms with Gasteiger partial charge >= 0.3 is 0 Å². The number of aliphatic hydroxyl groups excluding tert-OH is 2. The molecule has 3 aromatic rings. The lowest BCUT2D eigenvalue weighted by atomic mass is 10.2. The Morgan fingerprint density at radius 1 is 1.32 bits per heavy atom. The summed E-state index contributed by atoms with van der Waals surface area (Å²) in [7, 11) is 1.42. The molecule has 1 amide bonds. The maximum absolute atomic E-state index is 14.3. The van der Waals surface area contributed by atoms with Crippen LogP contribution in [0.25, 0.3) is 11.4 Å². The topological polar surface area (TPSA) is 129 Å². The number of aliphatic hydroxyl groups is 2. The molecule has 4 N–H and O–H groups in total. The van der Waals surface area contributed by atoms with Crippen LogP contribution in [0.3, 0.4) is 0 Å². The molecule has 11 heteroatoms. The summed E-state index contributed by atoms with van der Waals surface area (Å²) in [5.41, 5.74) is 0.591. The zero-order valence-corrected chi connectivity index (χ0v) is 17.1. The smallest absolute Gasteiger partial charge is 0.255 e. The predicted octanol–water partition coefficient (Wildman–Crippen LogP) is 2.17. The second-order valence-corrected chi connectivity index (χ2v) is 6.76. The number of hydrogen-bond donors (Lipinski definition) is 4. The highest BCUT2D eigenvalue weighted by Gasteiger charge is 2.17. The highest BCUT2D eigenvalue weighted by molar-refractivity contribution is 6.30. The Morgan fingerprint density at radius 3 is 2.87 bits per heavy atom. The van der Waals surface area contributed by atoms with Crippen molar-refractivity contribution in [2.45, 2.75) is 6.10 Å². The summed E-state index contributed by atoms with van der Waals surface area (Å²) in [5, 5.41) is 24.1. The van der Waals surface area contributed by atoms with Crippen LogP contribution in [-0.2, 0) is 0 Å². The number of rotatable bonds is 8. The third-order valence-corrected chi connectivity index (χ3v) is 4.41. The molecule has 0 radical (unpaired) electrons. The first-order valence-corrected chi connectivity index (χ1v) is 9.45. The summed E-state index contributed by atoms with van der Waals surface area (Å²) >= 11 is 5.97. The minimum absolute atomic E-state index is 0.0643. The maximum atomic E-state index is 14.3. The van der Waals surface area contributed by atoms with Gasteiger partial charge in [0.2, 0.25) is 0 Å². The molecule has 31 heavy (non-hydrogen) atoms. The van der Waals surface area contributed by atoms with Gasteiger partial charge in [0.25, 0.3) is 5.91 Å². The number of hydrogen-bond acceptors (Lipinski definition) is 8. The van der Waals surface area contributed by atoms with E-state index in [0.29, 0.717) is 10.7 Å². The first kappa shape index (κ1) is 22.3. The minimum atomic E-state index is -1.09. The van der Waals surface area contributed by atoms with Crippen molar-refractivity contribution in [3.63, 3.8) is 0 Å². The van der Waals surface area contributed by atoms with Crippen LogP contribution in [0.2, 0.25) is 5.02 Å². The summed E-state index contributed by atoms with van der Waals surface area (Å²) in [4.78, 5) is 24.9. The standard InChI is InChI=1S/C20H19ClFN5O4/c1-31-17-9-24-18(13-6-11(21)2-3-15(13)22)27-19(17)26-16-4-5-23-8-14(16)20(30)25-7-12(29)10-28/h2-6,8-9,12,28-29H,7,10H2,1H3,(H,25,30)(H,23,24,26,27)/t12-/m0/s1. The zero-order valence-electron chi connectivity index (χ0n) is 16.3. The molecular weight excluding hydrogens is 429 g/mol. The number of carbonyl (C=O) groups is 1. The van der Waals surface area contributed by atoms with E-state index in [4.69, 9.17) is 21.4 Å². The van der Waals surface area contributed by atoms with E-state index in [0.717, 1.165) is 0 Å². The molecule has 2 aromatic heterocycles. The number of methoxy groups -OCH3 is 1. The van der Waals surface area contributed by atoms with Gasteiger partial charge in [-0.25, -0.2) is 14.4 Å². The van der Waals surface area contributed by atoms with Gasteiger partial charge in [-0.1, -0.05) is 11.6 Å². The highest BCUT2D eigenvalue weighted by atomic mass is 35.5. The van der Waals surface area contributed by atoms with E-state index < -0.39 is 24.4 Å². The summed E-state index contributed by atoms with van der Waals surface area (Å²) in [6.45, 7) is -0.627. The van der Waals surface area contributed by atoms with Gasteiger partial charge in [-0.15, -0.1) is 0 Å². The SMILES string of the molecule is COc1cnc(-c2cc(Cl)ccc2F)nc1Nc1ccncc1C(=O)NC[C@H](O)CO. The molecule has 0 saturated heterocycles. The fraction of sp³-hybridized carbons (Fsp3) is 0.200. The van der Waals surface area contributed by atoms with Gasteiger partial charge in [0.1, 0.15) is 5.82 Å². The van der Waals surface area contributed by atoms with Crippen molar-refractivity contribution < 1.29 is 24.1 Å². The summed E-state index contributed by atoms with van der Waals surface area (Å²) in [6, 6.07) is 5.57. The summed E-state index contributed by atoms with van der Waals surface area (Å²) in [5.74, 6) is -0.578. The molecule has 3 rings (SSSR count). The van der Waals surface area contributed by atoms with E-state index in [1.54, 1.807) is 6.07 Å². The number of halogens is 2. The molecular formula is C20H19ClFN5O4. The van der Waals surface area contributed by atoms with E-state index >= 15 is 0 Å². The quantitative estimate of drug-likeness (QED) is 0.413. The monoisotopic (exact) mass is 447 g/mol. The number of pyridine rings is 1. The molecule has 0 bridgehead atoms. The fourth-order valence-corrected chi connectivity index (χ4v) is 2.76. The van der Waals surface area contributed by atoms with E-state index in [2.05, 4.69) is 25.6 Å². The average molecular weight is 448 g/mol. The van der Waals surface area contributed by atoms with Gasteiger partial charge in [-0.2, -0.15) is 0 Å². The van der Waals surface area contributed by atoms with Crippen LogP contribution in [0.1, 0.15) is 10.4 Å². The van der Waals surface area contributed by atoms with Crippen molar-refractivity contribution in [3.8, 4) is 17.1 Å². The molecule has 162 valence electrons.